The van der Waals surface area contributed by atoms with Crippen LogP contribution in [0.4, 0.5) is 0 Å². The van der Waals surface area contributed by atoms with Crippen molar-refractivity contribution in [2.75, 3.05) is 0 Å². The van der Waals surface area contributed by atoms with E-state index in [0.717, 1.165) is 0 Å². The molecule has 0 heterocycles. The average Bonchev–Trinajstić information content (AvgIpc) is 1.81. The van der Waals surface area contributed by atoms with Crippen molar-refractivity contribution in [2.24, 2.45) is 0 Å². The molecule has 0 rings (SSSR count). The lowest BCUT2D eigenvalue weighted by Gasteiger charge is -2.29. The fourth-order valence-electron chi connectivity index (χ4n) is 0.874. The molecule has 3 heteroatoms. The van der Waals surface area contributed by atoms with Crippen LogP contribution in [0.15, 0.2) is 24.1 Å². The largest absolute Gasteiger partial charge is 0.551 e. The van der Waals surface area contributed by atoms with Crippen LogP contribution in [0.2, 0.25) is 39.3 Å². The molecule has 0 saturated heterocycles. The molecule has 0 unspecified atom stereocenters. The van der Waals surface area contributed by atoms with E-state index in [4.69, 9.17) is 4.43 Å². The zero-order chi connectivity index (χ0) is 10.7. The van der Waals surface area contributed by atoms with E-state index < -0.39 is 16.4 Å². The first-order valence-corrected chi connectivity index (χ1v) is 11.6. The van der Waals surface area contributed by atoms with E-state index in [1.807, 2.05) is 12.2 Å². The maximum absolute atomic E-state index is 6.03. The summed E-state index contributed by atoms with van der Waals surface area (Å²) in [6.45, 7) is 17.2. The van der Waals surface area contributed by atoms with Crippen LogP contribution < -0.4 is 0 Å². The predicted octanol–water partition coefficient (Wildman–Crippen LogP) is 3.79. The molecule has 0 fully saturated rings. The van der Waals surface area contributed by atoms with Gasteiger partial charge in [0.1, 0.15) is 8.07 Å². The van der Waals surface area contributed by atoms with Gasteiger partial charge in [0.05, 0.1) is 5.38 Å². The summed E-state index contributed by atoms with van der Waals surface area (Å²) in [5.41, 5.74) is 0. The summed E-state index contributed by atoms with van der Waals surface area (Å²) < 4.78 is 6.03. The van der Waals surface area contributed by atoms with Crippen molar-refractivity contribution < 1.29 is 4.43 Å². The van der Waals surface area contributed by atoms with E-state index in [2.05, 4.69) is 45.9 Å². The van der Waals surface area contributed by atoms with Crippen molar-refractivity contribution in [3.05, 3.63) is 24.1 Å². The van der Waals surface area contributed by atoms with Crippen molar-refractivity contribution in [3.63, 3.8) is 0 Å². The van der Waals surface area contributed by atoms with Crippen molar-refractivity contribution >= 4 is 16.4 Å². The third-order valence-electron chi connectivity index (χ3n) is 1.42. The van der Waals surface area contributed by atoms with E-state index in [9.17, 15) is 0 Å². The van der Waals surface area contributed by atoms with Gasteiger partial charge in [0.15, 0.2) is 0 Å². The van der Waals surface area contributed by atoms with Gasteiger partial charge >= 0.3 is 0 Å². The zero-order valence-corrected chi connectivity index (χ0v) is 11.8. The maximum atomic E-state index is 6.03. The molecule has 1 nitrogen and oxygen atoms in total. The first kappa shape index (κ1) is 12.7. The fraction of sp³-hybridized carbons (Fsp3) is 0.600. The van der Waals surface area contributed by atoms with Crippen LogP contribution in [0.1, 0.15) is 0 Å². The van der Waals surface area contributed by atoms with E-state index in [0.29, 0.717) is 0 Å². The Labute approximate surface area is 84.6 Å². The minimum absolute atomic E-state index is 1.18. The van der Waals surface area contributed by atoms with Crippen LogP contribution in [-0.4, -0.2) is 16.4 Å². The summed E-state index contributed by atoms with van der Waals surface area (Å²) in [4.78, 5) is 0. The quantitative estimate of drug-likeness (QED) is 0.393. The molecule has 0 saturated carbocycles. The van der Waals surface area contributed by atoms with E-state index in [1.165, 1.54) is 5.38 Å². The van der Waals surface area contributed by atoms with Crippen molar-refractivity contribution in [1.29, 1.82) is 0 Å². The summed E-state index contributed by atoms with van der Waals surface area (Å²) in [6, 6.07) is 0. The van der Waals surface area contributed by atoms with Gasteiger partial charge in [-0.1, -0.05) is 32.3 Å². The Kier molecular flexibility index (Phi) is 4.19. The van der Waals surface area contributed by atoms with Gasteiger partial charge in [0, 0.05) is 0 Å². The van der Waals surface area contributed by atoms with Gasteiger partial charge in [0.2, 0.25) is 8.32 Å². The zero-order valence-electron chi connectivity index (χ0n) is 9.77. The highest BCUT2D eigenvalue weighted by Gasteiger charge is 2.26. The van der Waals surface area contributed by atoms with Crippen LogP contribution in [0.3, 0.4) is 0 Å². The van der Waals surface area contributed by atoms with Gasteiger partial charge in [-0.3, -0.25) is 0 Å². The number of hydrogen-bond donors (Lipinski definition) is 0. The Bertz CT molecular complexity index is 206. The first-order chi connectivity index (χ1) is 5.67. The second-order valence-electron chi connectivity index (χ2n) is 5.23. The minimum Gasteiger partial charge on any atom is -0.551 e. The predicted molar refractivity (Wildman–Crippen MR) is 66.1 cm³/mol. The summed E-state index contributed by atoms with van der Waals surface area (Å²) in [6.07, 6.45) is 3.86. The fourth-order valence-corrected chi connectivity index (χ4v) is 4.36. The smallest absolute Gasteiger partial charge is 0.241 e. The second kappa shape index (κ2) is 4.29. The van der Waals surface area contributed by atoms with Gasteiger partial charge in [-0.2, -0.15) is 0 Å². The monoisotopic (exact) mass is 214 g/mol. The third kappa shape index (κ3) is 5.88. The van der Waals surface area contributed by atoms with E-state index in [1.54, 1.807) is 0 Å². The molecule has 0 aliphatic heterocycles. The Morgan fingerprint density at radius 1 is 1.08 bits per heavy atom. The Morgan fingerprint density at radius 2 is 1.54 bits per heavy atom. The highest BCUT2D eigenvalue weighted by molar-refractivity contribution is 6.84. The molecule has 0 aromatic heterocycles. The van der Waals surface area contributed by atoms with Crippen molar-refractivity contribution in [2.45, 2.75) is 39.3 Å². The normalized spacial score (nSPS) is 14.2. The van der Waals surface area contributed by atoms with Crippen LogP contribution in [0, 0.1) is 0 Å². The lowest BCUT2D eigenvalue weighted by molar-refractivity contribution is 0.452. The van der Waals surface area contributed by atoms with Crippen LogP contribution in [0.25, 0.3) is 0 Å². The van der Waals surface area contributed by atoms with Gasteiger partial charge in [0.25, 0.3) is 0 Å². The van der Waals surface area contributed by atoms with Gasteiger partial charge in [-0.15, -0.1) is 0 Å². The lowest BCUT2D eigenvalue weighted by atomic mass is 10.6. The molecule has 13 heavy (non-hydrogen) atoms. The van der Waals surface area contributed by atoms with Crippen LogP contribution in [-0.2, 0) is 4.43 Å². The molecule has 0 N–H and O–H groups in total. The van der Waals surface area contributed by atoms with Crippen molar-refractivity contribution in [1.82, 2.24) is 0 Å². The Hall–Kier alpha value is -0.286. The molecule has 0 aliphatic rings. The second-order valence-corrected chi connectivity index (χ2v) is 14.7. The molecule has 0 spiro atoms. The molecular weight excluding hydrogens is 192 g/mol. The van der Waals surface area contributed by atoms with Crippen LogP contribution >= 0.6 is 0 Å². The average molecular weight is 214 g/mol. The summed E-state index contributed by atoms with van der Waals surface area (Å²) in [5.74, 6) is 0. The molecule has 0 atom stereocenters. The molecule has 0 aromatic carbocycles. The maximum Gasteiger partial charge on any atom is 0.241 e. The topological polar surface area (TPSA) is 9.23 Å². The van der Waals surface area contributed by atoms with E-state index >= 15 is 0 Å². The molecule has 0 aromatic rings. The highest BCUT2D eigenvalue weighted by atomic mass is 28.4. The van der Waals surface area contributed by atoms with Crippen LogP contribution in [0.5, 0.6) is 0 Å². The summed E-state index contributed by atoms with van der Waals surface area (Å²) in [7, 11) is -2.76. The molecule has 0 aliphatic carbocycles. The van der Waals surface area contributed by atoms with Crippen molar-refractivity contribution in [3.8, 4) is 0 Å². The lowest BCUT2D eigenvalue weighted by Crippen LogP contribution is -2.34. The number of hydrogen-bond acceptors (Lipinski definition) is 1. The standard InChI is InChI=1S/C10H22OSi2/c1-8-9-10(12(2,3)4)11-13(5,6)7/h8-9H,1H2,2-7H3/b10-9+. The number of rotatable bonds is 4. The van der Waals surface area contributed by atoms with Gasteiger partial charge in [-0.25, -0.2) is 0 Å². The minimum atomic E-state index is -1.45. The molecule has 0 radical (unpaired) electrons. The molecule has 0 bridgehead atoms. The Balaban J connectivity index is 4.67. The first-order valence-electron chi connectivity index (χ1n) is 4.69. The summed E-state index contributed by atoms with van der Waals surface area (Å²) >= 11 is 0. The SMILES string of the molecule is C=C/C=C(\O[Si](C)(C)C)[Si](C)(C)C. The molecular formula is C10H22OSi2. The Morgan fingerprint density at radius 3 is 1.77 bits per heavy atom. The summed E-state index contributed by atoms with van der Waals surface area (Å²) in [5, 5.41) is 1.18. The van der Waals surface area contributed by atoms with Gasteiger partial charge < -0.3 is 4.43 Å². The highest BCUT2D eigenvalue weighted by Crippen LogP contribution is 2.20. The molecule has 76 valence electrons. The molecule has 0 amide bonds. The van der Waals surface area contributed by atoms with Gasteiger partial charge in [-0.05, 0) is 25.7 Å². The number of allylic oxidation sites excluding steroid dienone is 2. The van der Waals surface area contributed by atoms with E-state index in [-0.39, 0.29) is 0 Å². The third-order valence-corrected chi connectivity index (χ3v) is 4.21.